The summed E-state index contributed by atoms with van der Waals surface area (Å²) in [6.45, 7) is 11.0. The molecule has 2 aliphatic rings. The fourth-order valence-electron chi connectivity index (χ4n) is 2.87. The third-order valence-corrected chi connectivity index (χ3v) is 4.69. The minimum atomic E-state index is -0.0293. The van der Waals surface area contributed by atoms with Crippen molar-refractivity contribution >= 4 is 12.2 Å². The summed E-state index contributed by atoms with van der Waals surface area (Å²) in [5, 5.41) is 9.84. The minimum Gasteiger partial charge on any atom is -0.508 e. The zero-order chi connectivity index (χ0) is 17.7. The van der Waals surface area contributed by atoms with Crippen LogP contribution < -0.4 is 0 Å². The summed E-state index contributed by atoms with van der Waals surface area (Å²) < 4.78 is 0. The van der Waals surface area contributed by atoms with Gasteiger partial charge in [-0.2, -0.15) is 0 Å². The standard InChI is InChI=1S/C18H27N3O3/c1-14-11-21(5-4-16(14)10-17(23)15(2)13-22)18(24)12-20-8-6-19(3)7-9-20/h10,13,23H,1,4-9,11-12H2,2-3H3/b16-10-,17-15-. The SMILES string of the molecule is C=C1CN(C(=O)CN2CCN(C)CC2)CC/C1=C/C(O)=C(\C)C=O. The summed E-state index contributed by atoms with van der Waals surface area (Å²) >= 11 is 0. The van der Waals surface area contributed by atoms with Crippen LogP contribution in [0.3, 0.4) is 0 Å². The van der Waals surface area contributed by atoms with Crippen molar-refractivity contribution in [3.05, 3.63) is 35.1 Å². The third-order valence-electron chi connectivity index (χ3n) is 4.69. The highest BCUT2D eigenvalue weighted by Gasteiger charge is 2.24. The molecule has 2 rings (SSSR count). The van der Waals surface area contributed by atoms with Crippen molar-refractivity contribution in [2.75, 3.05) is 52.9 Å². The van der Waals surface area contributed by atoms with Crippen molar-refractivity contribution < 1.29 is 14.7 Å². The van der Waals surface area contributed by atoms with E-state index in [9.17, 15) is 14.7 Å². The van der Waals surface area contributed by atoms with Crippen molar-refractivity contribution in [3.63, 3.8) is 0 Å². The second-order valence-electron chi connectivity index (χ2n) is 6.60. The van der Waals surface area contributed by atoms with Crippen molar-refractivity contribution in [3.8, 4) is 0 Å². The summed E-state index contributed by atoms with van der Waals surface area (Å²) in [7, 11) is 2.10. The van der Waals surface area contributed by atoms with Gasteiger partial charge in [0.05, 0.1) is 6.54 Å². The molecule has 0 aromatic heterocycles. The number of hydrogen-bond donors (Lipinski definition) is 1. The first kappa shape index (κ1) is 18.4. The van der Waals surface area contributed by atoms with Crippen molar-refractivity contribution in [1.82, 2.24) is 14.7 Å². The zero-order valence-electron chi connectivity index (χ0n) is 14.6. The van der Waals surface area contributed by atoms with E-state index >= 15 is 0 Å². The van der Waals surface area contributed by atoms with Gasteiger partial charge >= 0.3 is 0 Å². The topological polar surface area (TPSA) is 64.1 Å². The summed E-state index contributed by atoms with van der Waals surface area (Å²) in [6.07, 6.45) is 2.86. The molecule has 2 heterocycles. The van der Waals surface area contributed by atoms with E-state index in [4.69, 9.17) is 0 Å². The molecule has 1 N–H and O–H groups in total. The number of aliphatic hydroxyl groups excluding tert-OH is 1. The summed E-state index contributed by atoms with van der Waals surface area (Å²) in [6, 6.07) is 0. The Labute approximate surface area is 143 Å². The number of amides is 1. The van der Waals surface area contributed by atoms with Crippen LogP contribution in [-0.2, 0) is 9.59 Å². The van der Waals surface area contributed by atoms with Gasteiger partial charge in [-0.3, -0.25) is 14.5 Å². The highest BCUT2D eigenvalue weighted by molar-refractivity contribution is 5.79. The van der Waals surface area contributed by atoms with E-state index in [1.807, 2.05) is 4.90 Å². The van der Waals surface area contributed by atoms with Gasteiger partial charge in [-0.05, 0) is 37.6 Å². The lowest BCUT2D eigenvalue weighted by molar-refractivity contribution is -0.132. The van der Waals surface area contributed by atoms with Gasteiger partial charge < -0.3 is 14.9 Å². The maximum Gasteiger partial charge on any atom is 0.237 e. The van der Waals surface area contributed by atoms with Gasteiger partial charge in [0.1, 0.15) is 12.0 Å². The molecule has 0 bridgehead atoms. The van der Waals surface area contributed by atoms with Crippen LogP contribution in [-0.4, -0.2) is 84.9 Å². The molecule has 0 unspecified atom stereocenters. The van der Waals surface area contributed by atoms with Crippen LogP contribution in [0.4, 0.5) is 0 Å². The Kier molecular flexibility index (Phi) is 6.34. The number of hydrogen-bond acceptors (Lipinski definition) is 5. The van der Waals surface area contributed by atoms with E-state index in [1.165, 1.54) is 0 Å². The molecule has 132 valence electrons. The third kappa shape index (κ3) is 4.79. The molecular formula is C18H27N3O3. The highest BCUT2D eigenvalue weighted by atomic mass is 16.3. The number of piperazine rings is 1. The molecule has 0 spiro atoms. The molecule has 0 aromatic rings. The maximum absolute atomic E-state index is 12.5. The van der Waals surface area contributed by atoms with Crippen molar-refractivity contribution in [2.45, 2.75) is 13.3 Å². The first-order valence-corrected chi connectivity index (χ1v) is 8.33. The second-order valence-corrected chi connectivity index (χ2v) is 6.60. The number of piperidine rings is 1. The Balaban J connectivity index is 1.90. The quantitative estimate of drug-likeness (QED) is 0.472. The van der Waals surface area contributed by atoms with Crippen LogP contribution in [0.15, 0.2) is 35.1 Å². The van der Waals surface area contributed by atoms with E-state index in [0.29, 0.717) is 37.9 Å². The number of carbonyl (C=O) groups excluding carboxylic acids is 2. The maximum atomic E-state index is 12.5. The lowest BCUT2D eigenvalue weighted by Gasteiger charge is -2.35. The fourth-order valence-corrected chi connectivity index (χ4v) is 2.87. The van der Waals surface area contributed by atoms with Gasteiger partial charge in [-0.1, -0.05) is 6.58 Å². The number of aliphatic hydroxyl groups is 1. The monoisotopic (exact) mass is 333 g/mol. The molecule has 0 aromatic carbocycles. The lowest BCUT2D eigenvalue weighted by atomic mass is 9.97. The summed E-state index contributed by atoms with van der Waals surface area (Å²) in [5.41, 5.74) is 2.01. The number of likely N-dealkylation sites (tertiary alicyclic amines) is 1. The number of aldehydes is 1. The predicted octanol–water partition coefficient (Wildman–Crippen LogP) is 0.980. The predicted molar refractivity (Wildman–Crippen MR) is 93.7 cm³/mol. The van der Waals surface area contributed by atoms with Gasteiger partial charge in [-0.25, -0.2) is 0 Å². The zero-order valence-corrected chi connectivity index (χ0v) is 14.6. The first-order chi connectivity index (χ1) is 11.4. The van der Waals surface area contributed by atoms with Crippen LogP contribution in [0.1, 0.15) is 13.3 Å². The number of allylic oxidation sites excluding steroid dienone is 2. The largest absolute Gasteiger partial charge is 0.508 e. The number of carbonyl (C=O) groups is 2. The van der Waals surface area contributed by atoms with Crippen LogP contribution in [0, 0.1) is 0 Å². The molecule has 6 nitrogen and oxygen atoms in total. The van der Waals surface area contributed by atoms with Gasteiger partial charge in [-0.15, -0.1) is 0 Å². The molecule has 2 aliphatic heterocycles. The molecule has 2 saturated heterocycles. The Morgan fingerprint density at radius 3 is 2.50 bits per heavy atom. The van der Waals surface area contributed by atoms with Gasteiger partial charge in [0.25, 0.3) is 0 Å². The normalized spacial score (nSPS) is 23.3. The fraction of sp³-hybridized carbons (Fsp3) is 0.556. The number of rotatable bonds is 4. The Hall–Kier alpha value is -1.92. The van der Waals surface area contributed by atoms with Gasteiger partial charge in [0.2, 0.25) is 5.91 Å². The Bertz CT molecular complexity index is 572. The molecule has 24 heavy (non-hydrogen) atoms. The van der Waals surface area contributed by atoms with E-state index in [1.54, 1.807) is 13.0 Å². The molecule has 6 heteroatoms. The smallest absolute Gasteiger partial charge is 0.237 e. The van der Waals surface area contributed by atoms with E-state index in [-0.39, 0.29) is 11.7 Å². The lowest BCUT2D eigenvalue weighted by Crippen LogP contribution is -2.49. The van der Waals surface area contributed by atoms with Crippen LogP contribution in [0.2, 0.25) is 0 Å². The minimum absolute atomic E-state index is 0.0293. The molecule has 0 saturated carbocycles. The van der Waals surface area contributed by atoms with Crippen LogP contribution in [0.5, 0.6) is 0 Å². The van der Waals surface area contributed by atoms with E-state index in [0.717, 1.165) is 37.3 Å². The molecule has 0 radical (unpaired) electrons. The molecule has 2 fully saturated rings. The molecular weight excluding hydrogens is 306 g/mol. The molecule has 0 atom stereocenters. The average Bonchev–Trinajstić information content (AvgIpc) is 2.57. The van der Waals surface area contributed by atoms with E-state index < -0.39 is 0 Å². The second kappa shape index (κ2) is 8.26. The summed E-state index contributed by atoms with van der Waals surface area (Å²) in [5.74, 6) is 0.0990. The van der Waals surface area contributed by atoms with Crippen LogP contribution >= 0.6 is 0 Å². The average molecular weight is 333 g/mol. The first-order valence-electron chi connectivity index (χ1n) is 8.33. The van der Waals surface area contributed by atoms with Crippen molar-refractivity contribution in [1.29, 1.82) is 0 Å². The summed E-state index contributed by atoms with van der Waals surface area (Å²) in [4.78, 5) is 29.5. The highest BCUT2D eigenvalue weighted by Crippen LogP contribution is 2.22. The van der Waals surface area contributed by atoms with Gasteiger partial charge in [0, 0.05) is 44.8 Å². The Morgan fingerprint density at radius 2 is 1.92 bits per heavy atom. The van der Waals surface area contributed by atoms with Crippen LogP contribution in [0.25, 0.3) is 0 Å². The van der Waals surface area contributed by atoms with E-state index in [2.05, 4.69) is 23.4 Å². The number of nitrogens with zero attached hydrogens (tertiary/aromatic N) is 3. The van der Waals surface area contributed by atoms with Crippen molar-refractivity contribution in [2.24, 2.45) is 0 Å². The van der Waals surface area contributed by atoms with Gasteiger partial charge in [0.15, 0.2) is 0 Å². The Morgan fingerprint density at radius 1 is 1.25 bits per heavy atom. The molecule has 1 amide bonds. The molecule has 0 aliphatic carbocycles. The number of likely N-dealkylation sites (N-methyl/N-ethyl adjacent to an activating group) is 1.